The molecule has 1 fully saturated rings. The minimum atomic E-state index is -1.57. The van der Waals surface area contributed by atoms with Gasteiger partial charge in [-0.25, -0.2) is 0 Å². The normalized spacial score (nSPS) is 25.2. The molecule has 11 heteroatoms. The number of methoxy groups -OCH3 is 1. The van der Waals surface area contributed by atoms with Crippen LogP contribution in [-0.2, 0) is 4.74 Å². The summed E-state index contributed by atoms with van der Waals surface area (Å²) in [7, 11) is 1.24. The van der Waals surface area contributed by atoms with E-state index in [0.29, 0.717) is 5.56 Å². The minimum absolute atomic E-state index is 0.0463. The molecule has 0 aliphatic carbocycles. The van der Waals surface area contributed by atoms with E-state index in [2.05, 4.69) is 0 Å². The largest absolute Gasteiger partial charge is 0.504 e. The summed E-state index contributed by atoms with van der Waals surface area (Å²) in [5, 5.41) is 59.1. The number of ether oxygens (including phenoxy) is 3. The Morgan fingerprint density at radius 1 is 1.00 bits per heavy atom. The molecule has 3 aromatic rings. The zero-order valence-electron chi connectivity index (χ0n) is 17.3. The van der Waals surface area contributed by atoms with Gasteiger partial charge in [0.1, 0.15) is 46.9 Å². The summed E-state index contributed by atoms with van der Waals surface area (Å²) in [6.07, 6.45) is -7.07. The van der Waals surface area contributed by atoms with E-state index in [1.807, 2.05) is 0 Å². The average molecular weight is 462 g/mol. The number of aromatic hydroxyl groups is 2. The smallest absolute Gasteiger partial charge is 0.229 e. The van der Waals surface area contributed by atoms with Gasteiger partial charge in [0.15, 0.2) is 16.9 Å². The van der Waals surface area contributed by atoms with Crippen LogP contribution in [0, 0.1) is 0 Å². The maximum Gasteiger partial charge on any atom is 0.229 e. The van der Waals surface area contributed by atoms with Crippen molar-refractivity contribution in [2.45, 2.75) is 30.7 Å². The zero-order valence-corrected chi connectivity index (χ0v) is 17.3. The monoisotopic (exact) mass is 462 g/mol. The summed E-state index contributed by atoms with van der Waals surface area (Å²) in [6, 6.07) is 8.41. The van der Waals surface area contributed by atoms with Gasteiger partial charge in [0.05, 0.1) is 13.7 Å². The quantitative estimate of drug-likeness (QED) is 0.302. The Morgan fingerprint density at radius 2 is 1.70 bits per heavy atom. The molecule has 11 nitrogen and oxygen atoms in total. The van der Waals surface area contributed by atoms with Crippen molar-refractivity contribution in [3.8, 4) is 34.3 Å². The molecule has 1 aliphatic rings. The molecule has 176 valence electrons. The average Bonchev–Trinajstić information content (AvgIpc) is 2.79. The standard InChI is InChI=1S/C22H22O11/c1-30-21-12(25)7-14-16(18(21)27)11(24)6-13(32-14)9-2-4-10(5-3-9)31-22-20(29)19(28)17(26)15(8-23)33-22/h2-7,15,17,19-20,22-23,25-29H,8H2,1H3/t15?,17-,19+,20?,22-/m1/s1. The summed E-state index contributed by atoms with van der Waals surface area (Å²) < 4.78 is 21.4. The van der Waals surface area contributed by atoms with Gasteiger partial charge in [0, 0.05) is 17.7 Å². The number of benzene rings is 2. The van der Waals surface area contributed by atoms with Crippen LogP contribution in [0.5, 0.6) is 23.0 Å². The number of phenolic OH excluding ortho intramolecular Hbond substituents is 2. The van der Waals surface area contributed by atoms with E-state index in [0.717, 1.165) is 6.07 Å². The van der Waals surface area contributed by atoms with Crippen molar-refractivity contribution in [3.05, 3.63) is 46.6 Å². The van der Waals surface area contributed by atoms with Gasteiger partial charge >= 0.3 is 0 Å². The molecule has 1 aliphatic heterocycles. The molecule has 6 N–H and O–H groups in total. The molecule has 0 radical (unpaired) electrons. The van der Waals surface area contributed by atoms with Crippen LogP contribution in [0.1, 0.15) is 0 Å². The van der Waals surface area contributed by atoms with Gasteiger partial charge in [-0.3, -0.25) is 4.79 Å². The molecular weight excluding hydrogens is 440 g/mol. The lowest BCUT2D eigenvalue weighted by molar-refractivity contribution is -0.277. The van der Waals surface area contributed by atoms with E-state index in [9.17, 15) is 35.4 Å². The summed E-state index contributed by atoms with van der Waals surface area (Å²) >= 11 is 0. The van der Waals surface area contributed by atoms with Crippen LogP contribution in [0.15, 0.2) is 45.6 Å². The van der Waals surface area contributed by atoms with E-state index < -0.39 is 54.2 Å². The highest BCUT2D eigenvalue weighted by atomic mass is 16.7. The predicted molar refractivity (Wildman–Crippen MR) is 112 cm³/mol. The van der Waals surface area contributed by atoms with E-state index in [1.165, 1.54) is 25.3 Å². The third kappa shape index (κ3) is 4.08. The Bertz CT molecular complexity index is 1200. The highest BCUT2D eigenvalue weighted by Crippen LogP contribution is 2.41. The summed E-state index contributed by atoms with van der Waals surface area (Å²) in [4.78, 5) is 12.6. The number of aliphatic hydroxyl groups excluding tert-OH is 4. The zero-order chi connectivity index (χ0) is 23.9. The number of fused-ring (bicyclic) bond motifs is 1. The second-order valence-corrected chi connectivity index (χ2v) is 7.47. The van der Waals surface area contributed by atoms with Crippen LogP contribution < -0.4 is 14.9 Å². The Kier molecular flexibility index (Phi) is 6.15. The first-order valence-electron chi connectivity index (χ1n) is 9.89. The molecule has 33 heavy (non-hydrogen) atoms. The van der Waals surface area contributed by atoms with Crippen molar-refractivity contribution in [1.29, 1.82) is 0 Å². The second-order valence-electron chi connectivity index (χ2n) is 7.47. The van der Waals surface area contributed by atoms with Crippen LogP contribution >= 0.6 is 0 Å². The van der Waals surface area contributed by atoms with Crippen LogP contribution in [0.25, 0.3) is 22.3 Å². The van der Waals surface area contributed by atoms with Crippen LogP contribution in [0.4, 0.5) is 0 Å². The maximum atomic E-state index is 12.6. The van der Waals surface area contributed by atoms with Gasteiger partial charge in [0.2, 0.25) is 12.0 Å². The summed E-state index contributed by atoms with van der Waals surface area (Å²) in [6.45, 7) is -0.582. The molecule has 0 bridgehead atoms. The van der Waals surface area contributed by atoms with Gasteiger partial charge in [-0.1, -0.05) is 0 Å². The number of hydrogen-bond acceptors (Lipinski definition) is 11. The number of aliphatic hydroxyl groups is 4. The van der Waals surface area contributed by atoms with Gasteiger partial charge in [-0.2, -0.15) is 0 Å². The lowest BCUT2D eigenvalue weighted by Crippen LogP contribution is -2.60. The van der Waals surface area contributed by atoms with Crippen molar-refractivity contribution in [1.82, 2.24) is 0 Å². The summed E-state index contributed by atoms with van der Waals surface area (Å²) in [5.41, 5.74) is -0.136. The molecular formula is C22H22O11. The molecule has 5 atom stereocenters. The number of rotatable bonds is 5. The third-order valence-corrected chi connectivity index (χ3v) is 5.37. The number of phenols is 2. The van der Waals surface area contributed by atoms with Crippen molar-refractivity contribution < 1.29 is 49.3 Å². The summed E-state index contributed by atoms with van der Waals surface area (Å²) in [5.74, 6) is -0.790. The van der Waals surface area contributed by atoms with Crippen molar-refractivity contribution in [2.75, 3.05) is 13.7 Å². The third-order valence-electron chi connectivity index (χ3n) is 5.37. The van der Waals surface area contributed by atoms with Crippen LogP contribution in [-0.4, -0.2) is 75.1 Å². The molecule has 0 saturated carbocycles. The molecule has 2 aromatic carbocycles. The molecule has 4 rings (SSSR count). The SMILES string of the molecule is COc1c(O)cc2oc(-c3ccc(O[C@@H]4OC(CO)[C@@H](O)[C@H](O)C4O)cc3)cc(=O)c2c1O. The van der Waals surface area contributed by atoms with Crippen LogP contribution in [0.3, 0.4) is 0 Å². The molecule has 0 amide bonds. The van der Waals surface area contributed by atoms with Crippen molar-refractivity contribution in [2.24, 2.45) is 0 Å². The fourth-order valence-corrected chi connectivity index (χ4v) is 3.61. The first-order chi connectivity index (χ1) is 15.7. The lowest BCUT2D eigenvalue weighted by atomic mass is 9.99. The molecule has 1 saturated heterocycles. The van der Waals surface area contributed by atoms with E-state index >= 15 is 0 Å². The lowest BCUT2D eigenvalue weighted by Gasteiger charge is -2.39. The first kappa shape index (κ1) is 22.8. The minimum Gasteiger partial charge on any atom is -0.504 e. The Labute approximate surface area is 186 Å². The molecule has 2 heterocycles. The van der Waals surface area contributed by atoms with Crippen molar-refractivity contribution >= 4 is 11.0 Å². The van der Waals surface area contributed by atoms with Gasteiger partial charge < -0.3 is 49.3 Å². The second kappa shape index (κ2) is 8.89. The van der Waals surface area contributed by atoms with Crippen molar-refractivity contribution in [3.63, 3.8) is 0 Å². The molecule has 0 spiro atoms. The van der Waals surface area contributed by atoms with E-state index in [4.69, 9.17) is 18.6 Å². The van der Waals surface area contributed by atoms with Crippen LogP contribution in [0.2, 0.25) is 0 Å². The number of hydrogen-bond donors (Lipinski definition) is 6. The van der Waals surface area contributed by atoms with E-state index in [-0.39, 0.29) is 28.2 Å². The Balaban J connectivity index is 1.60. The van der Waals surface area contributed by atoms with Gasteiger partial charge in [-0.15, -0.1) is 0 Å². The van der Waals surface area contributed by atoms with Gasteiger partial charge in [-0.05, 0) is 24.3 Å². The van der Waals surface area contributed by atoms with E-state index in [1.54, 1.807) is 12.1 Å². The highest BCUT2D eigenvalue weighted by molar-refractivity contribution is 5.89. The fraction of sp³-hybridized carbons (Fsp3) is 0.318. The predicted octanol–water partition coefficient (Wildman–Crippen LogP) is 0.0585. The molecule has 2 unspecified atom stereocenters. The first-order valence-corrected chi connectivity index (χ1v) is 9.89. The Morgan fingerprint density at radius 3 is 2.33 bits per heavy atom. The maximum absolute atomic E-state index is 12.6. The Hall–Kier alpha value is -3.35. The highest BCUT2D eigenvalue weighted by Gasteiger charge is 2.44. The fourth-order valence-electron chi connectivity index (χ4n) is 3.61. The topological polar surface area (TPSA) is 179 Å². The molecule has 1 aromatic heterocycles. The van der Waals surface area contributed by atoms with Gasteiger partial charge in [0.25, 0.3) is 0 Å².